The number of hydrogen-bond acceptors (Lipinski definition) is 6. The second-order valence-electron chi connectivity index (χ2n) is 13.2. The molecule has 0 amide bonds. The highest BCUT2D eigenvalue weighted by Crippen LogP contribution is 2.41. The van der Waals surface area contributed by atoms with Crippen molar-refractivity contribution in [1.82, 2.24) is 9.55 Å². The maximum absolute atomic E-state index is 13.6. The van der Waals surface area contributed by atoms with Gasteiger partial charge in [-0.15, -0.1) is 0 Å². The summed E-state index contributed by atoms with van der Waals surface area (Å²) in [6.45, 7) is 18.8. The van der Waals surface area contributed by atoms with Crippen LogP contribution in [0.3, 0.4) is 0 Å². The first-order chi connectivity index (χ1) is 17.9. The first-order valence-electron chi connectivity index (χ1n) is 13.3. The summed E-state index contributed by atoms with van der Waals surface area (Å²) in [5.74, 6) is 0.326. The Kier molecular flexibility index (Phi) is 8.62. The number of nitrogens with zero attached hydrogens (tertiary/aromatic N) is 2. The molecular formula is C26H40ClF3N2O5Si2. The molecule has 0 aromatic carbocycles. The summed E-state index contributed by atoms with van der Waals surface area (Å²) in [5, 5.41) is -0.563. The van der Waals surface area contributed by atoms with Crippen molar-refractivity contribution in [1.29, 1.82) is 0 Å². The highest BCUT2D eigenvalue weighted by atomic mass is 35.5. The predicted octanol–water partition coefficient (Wildman–Crippen LogP) is 6.96. The molecule has 2 fully saturated rings. The van der Waals surface area contributed by atoms with Gasteiger partial charge in [-0.05, 0) is 30.2 Å². The van der Waals surface area contributed by atoms with Gasteiger partial charge in [-0.1, -0.05) is 52.0 Å². The van der Waals surface area contributed by atoms with Gasteiger partial charge in [0.15, 0.2) is 20.3 Å². The summed E-state index contributed by atoms with van der Waals surface area (Å²) in [6.07, 6.45) is -5.95. The van der Waals surface area contributed by atoms with Gasteiger partial charge in [-0.25, -0.2) is 4.98 Å². The zero-order valence-electron chi connectivity index (χ0n) is 23.9. The lowest BCUT2D eigenvalue weighted by molar-refractivity contribution is -0.137. The smallest absolute Gasteiger partial charge is 0.419 e. The molecule has 13 heteroatoms. The fraction of sp³-hybridized carbons (Fsp3) is 0.731. The average molecular weight is 609 g/mol. The first kappa shape index (κ1) is 30.8. The van der Waals surface area contributed by atoms with Crippen molar-refractivity contribution in [3.63, 3.8) is 0 Å². The SMILES string of the molecule is CC(C)(C)[Si](C)(C)O[C@@H]1CO[C@H]2[C@@H]1OC[C@H]2Oc1cc2nc(Cl)c(C(F)(F)F)cc2n1COCC[Si](C)(C)C. The molecule has 2 aromatic rings. The van der Waals surface area contributed by atoms with Gasteiger partial charge in [0.25, 0.3) is 0 Å². The van der Waals surface area contributed by atoms with Gasteiger partial charge in [0.05, 0.1) is 35.9 Å². The van der Waals surface area contributed by atoms with Crippen LogP contribution in [0.15, 0.2) is 12.1 Å². The number of ether oxygens (including phenoxy) is 4. The number of fused-ring (bicyclic) bond motifs is 2. The highest BCUT2D eigenvalue weighted by molar-refractivity contribution is 6.76. The van der Waals surface area contributed by atoms with Gasteiger partial charge in [0, 0.05) is 20.7 Å². The Bertz CT molecular complexity index is 1180. The molecule has 4 heterocycles. The summed E-state index contributed by atoms with van der Waals surface area (Å²) in [7, 11) is -3.40. The Hall–Kier alpha value is -1.16. The van der Waals surface area contributed by atoms with E-state index >= 15 is 0 Å². The van der Waals surface area contributed by atoms with E-state index in [4.69, 9.17) is 35.0 Å². The van der Waals surface area contributed by atoms with Crippen LogP contribution in [-0.2, 0) is 31.5 Å². The second kappa shape index (κ2) is 10.9. The average Bonchev–Trinajstić information content (AvgIpc) is 3.44. The van der Waals surface area contributed by atoms with Crippen LogP contribution in [0.1, 0.15) is 26.3 Å². The number of pyridine rings is 1. The van der Waals surface area contributed by atoms with Crippen LogP contribution >= 0.6 is 11.6 Å². The largest absolute Gasteiger partial charge is 0.470 e. The third-order valence-electron chi connectivity index (χ3n) is 7.81. The summed E-state index contributed by atoms with van der Waals surface area (Å²) < 4.78 is 73.5. The number of alkyl halides is 3. The minimum Gasteiger partial charge on any atom is -0.470 e. The van der Waals surface area contributed by atoms with Crippen molar-refractivity contribution < 1.29 is 36.5 Å². The van der Waals surface area contributed by atoms with Crippen molar-refractivity contribution in [2.24, 2.45) is 0 Å². The predicted molar refractivity (Wildman–Crippen MR) is 150 cm³/mol. The highest BCUT2D eigenvalue weighted by Gasteiger charge is 2.52. The van der Waals surface area contributed by atoms with Gasteiger partial charge >= 0.3 is 6.18 Å². The second-order valence-corrected chi connectivity index (χ2v) is 23.9. The number of rotatable bonds is 9. The molecule has 0 N–H and O–H groups in total. The van der Waals surface area contributed by atoms with E-state index < -0.39 is 39.4 Å². The molecule has 4 atom stereocenters. The minimum atomic E-state index is -4.64. The Morgan fingerprint density at radius 2 is 1.64 bits per heavy atom. The normalized spacial score (nSPS) is 24.5. The maximum Gasteiger partial charge on any atom is 0.419 e. The van der Waals surface area contributed by atoms with Crippen molar-refractivity contribution in [2.45, 2.75) is 102 Å². The molecule has 4 rings (SSSR count). The van der Waals surface area contributed by atoms with E-state index in [1.54, 1.807) is 10.6 Å². The van der Waals surface area contributed by atoms with Crippen molar-refractivity contribution in [3.05, 3.63) is 22.8 Å². The van der Waals surface area contributed by atoms with E-state index in [1.807, 2.05) is 0 Å². The lowest BCUT2D eigenvalue weighted by Gasteiger charge is -2.39. The van der Waals surface area contributed by atoms with E-state index in [0.717, 1.165) is 12.1 Å². The monoisotopic (exact) mass is 608 g/mol. The van der Waals surface area contributed by atoms with E-state index in [1.165, 1.54) is 0 Å². The zero-order chi connectivity index (χ0) is 29.0. The molecule has 0 saturated carbocycles. The molecule has 0 bridgehead atoms. The van der Waals surface area contributed by atoms with Gasteiger partial charge in [-0.2, -0.15) is 13.2 Å². The van der Waals surface area contributed by atoms with Crippen LogP contribution in [0.2, 0.25) is 49.0 Å². The van der Waals surface area contributed by atoms with Crippen LogP contribution in [0.5, 0.6) is 5.88 Å². The van der Waals surface area contributed by atoms with Gasteiger partial charge in [0.1, 0.15) is 24.1 Å². The van der Waals surface area contributed by atoms with E-state index in [-0.39, 0.29) is 42.2 Å². The zero-order valence-corrected chi connectivity index (χ0v) is 26.7. The molecule has 39 heavy (non-hydrogen) atoms. The van der Waals surface area contributed by atoms with Crippen LogP contribution in [0.25, 0.3) is 11.0 Å². The quantitative estimate of drug-likeness (QED) is 0.174. The van der Waals surface area contributed by atoms with E-state index in [0.29, 0.717) is 24.6 Å². The number of aromatic nitrogens is 2. The summed E-state index contributed by atoms with van der Waals surface area (Å²) in [5.41, 5.74) is -0.478. The number of halogens is 4. The maximum atomic E-state index is 13.6. The molecule has 0 unspecified atom stereocenters. The molecule has 0 spiro atoms. The molecule has 2 saturated heterocycles. The van der Waals surface area contributed by atoms with Crippen molar-refractivity contribution >= 4 is 39.0 Å². The third kappa shape index (κ3) is 6.84. The summed E-state index contributed by atoms with van der Waals surface area (Å²) in [4.78, 5) is 4.03. The lowest BCUT2D eigenvalue weighted by atomic mass is 10.1. The first-order valence-corrected chi connectivity index (χ1v) is 20.3. The van der Waals surface area contributed by atoms with Crippen molar-refractivity contribution in [3.8, 4) is 5.88 Å². The van der Waals surface area contributed by atoms with Crippen molar-refractivity contribution in [2.75, 3.05) is 19.8 Å². The van der Waals surface area contributed by atoms with E-state index in [2.05, 4.69) is 58.5 Å². The number of hydrogen-bond donors (Lipinski definition) is 0. The Labute approximate surface area is 235 Å². The Balaban J connectivity index is 1.57. The lowest BCUT2D eigenvalue weighted by Crippen LogP contribution is -2.47. The van der Waals surface area contributed by atoms with Gasteiger partial charge in [-0.3, -0.25) is 4.57 Å². The summed E-state index contributed by atoms with van der Waals surface area (Å²) >= 11 is 5.91. The fourth-order valence-electron chi connectivity index (χ4n) is 4.43. The molecule has 0 aliphatic carbocycles. The molecular weight excluding hydrogens is 569 g/mol. The van der Waals surface area contributed by atoms with Crippen LogP contribution in [0, 0.1) is 0 Å². The van der Waals surface area contributed by atoms with Crippen LogP contribution in [-0.4, -0.2) is 70.2 Å². The molecule has 2 aliphatic heterocycles. The van der Waals surface area contributed by atoms with Crippen LogP contribution in [0.4, 0.5) is 13.2 Å². The standard InChI is InChI=1S/C26H40ClF3N2O5Si2/c1-25(2,3)39(7,8)37-20-14-35-22-19(13-34-23(20)22)36-21-12-17-18(11-16(24(27)31-17)26(28,29)30)32(21)15-33-9-10-38(4,5)6/h11-12,19-20,22-23H,9-10,13-15H2,1-8H3/t19-,20-,22-,23-/m1/s1. The molecule has 2 aliphatic rings. The molecule has 7 nitrogen and oxygen atoms in total. The fourth-order valence-corrected chi connectivity index (χ4v) is 6.76. The molecule has 2 aromatic heterocycles. The van der Waals surface area contributed by atoms with Gasteiger partial charge < -0.3 is 23.4 Å². The van der Waals surface area contributed by atoms with Gasteiger partial charge in [0.2, 0.25) is 0 Å². The summed E-state index contributed by atoms with van der Waals surface area (Å²) in [6, 6.07) is 3.52. The molecule has 220 valence electrons. The topological polar surface area (TPSA) is 64.0 Å². The Morgan fingerprint density at radius 1 is 1.03 bits per heavy atom. The third-order valence-corrected chi connectivity index (χ3v) is 14.3. The van der Waals surface area contributed by atoms with Crippen LogP contribution < -0.4 is 4.74 Å². The van der Waals surface area contributed by atoms with E-state index in [9.17, 15) is 13.2 Å². The Morgan fingerprint density at radius 3 is 2.23 bits per heavy atom. The molecule has 0 radical (unpaired) electrons. The minimum absolute atomic E-state index is 0.0174.